The van der Waals surface area contributed by atoms with E-state index in [0.29, 0.717) is 29.7 Å². The molecule has 3 heterocycles. The Labute approximate surface area is 157 Å². The summed E-state index contributed by atoms with van der Waals surface area (Å²) >= 11 is 14.1. The third-order valence-electron chi connectivity index (χ3n) is 3.59. The van der Waals surface area contributed by atoms with Gasteiger partial charge >= 0.3 is 6.61 Å². The Bertz CT molecular complexity index is 840. The highest BCUT2D eigenvalue weighted by molar-refractivity contribution is 7.09. The third-order valence-corrected chi connectivity index (χ3v) is 5.06. The average Bonchev–Trinajstić information content (AvgIpc) is 3.19. The molecule has 0 bridgehead atoms. The number of thiophene rings is 1. The Morgan fingerprint density at radius 2 is 2.16 bits per heavy atom. The van der Waals surface area contributed by atoms with E-state index in [4.69, 9.17) is 23.2 Å². The van der Waals surface area contributed by atoms with Crippen molar-refractivity contribution < 1.29 is 13.5 Å². The summed E-state index contributed by atoms with van der Waals surface area (Å²) in [5, 5.41) is 10.3. The van der Waals surface area contributed by atoms with Crippen LogP contribution in [0.2, 0.25) is 10.3 Å². The first-order valence-corrected chi connectivity index (χ1v) is 9.21. The molecule has 3 aromatic rings. The summed E-state index contributed by atoms with van der Waals surface area (Å²) in [4.78, 5) is 1.19. The zero-order valence-corrected chi connectivity index (χ0v) is 15.3. The van der Waals surface area contributed by atoms with Crippen LogP contribution in [0.3, 0.4) is 0 Å². The van der Waals surface area contributed by atoms with Crippen LogP contribution in [0.1, 0.15) is 16.9 Å². The molecule has 0 saturated heterocycles. The van der Waals surface area contributed by atoms with Gasteiger partial charge in [-0.25, -0.2) is 4.52 Å². The number of hydrogen-bond acceptors (Lipinski definition) is 4. The lowest BCUT2D eigenvalue weighted by Gasteiger charge is -2.08. The van der Waals surface area contributed by atoms with Gasteiger partial charge in [0.15, 0.2) is 5.15 Å². The first-order valence-electron chi connectivity index (χ1n) is 7.57. The molecule has 0 fully saturated rings. The Kier molecular flexibility index (Phi) is 6.11. The Morgan fingerprint density at radius 1 is 1.32 bits per heavy atom. The Balaban J connectivity index is 1.79. The number of hydrogen-bond donors (Lipinski definition) is 1. The van der Waals surface area contributed by atoms with E-state index in [1.54, 1.807) is 21.9 Å². The van der Waals surface area contributed by atoms with Gasteiger partial charge in [0.1, 0.15) is 5.15 Å². The quantitative estimate of drug-likeness (QED) is 0.503. The summed E-state index contributed by atoms with van der Waals surface area (Å²) in [6.45, 7) is -2.12. The number of nitrogens with one attached hydrogen (secondary N) is 1. The first-order chi connectivity index (χ1) is 12.0. The molecule has 0 spiro atoms. The van der Waals surface area contributed by atoms with Crippen molar-refractivity contribution in [3.63, 3.8) is 0 Å². The van der Waals surface area contributed by atoms with E-state index < -0.39 is 6.61 Å². The van der Waals surface area contributed by atoms with Crippen molar-refractivity contribution in [2.45, 2.75) is 26.0 Å². The zero-order chi connectivity index (χ0) is 17.8. The Morgan fingerprint density at radius 3 is 2.88 bits per heavy atom. The van der Waals surface area contributed by atoms with Gasteiger partial charge in [0, 0.05) is 17.5 Å². The SMILES string of the molecule is FC(F)OCCCc1cc2c(NCc3cccs3)cc(Cl)nn2c1Cl. The molecule has 0 saturated carbocycles. The molecule has 3 rings (SSSR count). The maximum Gasteiger partial charge on any atom is 0.345 e. The van der Waals surface area contributed by atoms with E-state index in [2.05, 4.69) is 15.2 Å². The molecule has 0 aliphatic rings. The fourth-order valence-electron chi connectivity index (χ4n) is 2.48. The second-order valence-corrected chi connectivity index (χ2v) is 7.08. The largest absolute Gasteiger partial charge is 0.378 e. The van der Waals surface area contributed by atoms with Gasteiger partial charge in [-0.05, 0) is 35.9 Å². The summed E-state index contributed by atoms with van der Waals surface area (Å²) < 4.78 is 29.9. The second-order valence-electron chi connectivity index (χ2n) is 5.31. The van der Waals surface area contributed by atoms with E-state index in [9.17, 15) is 8.78 Å². The molecule has 9 heteroatoms. The van der Waals surface area contributed by atoms with Gasteiger partial charge in [-0.1, -0.05) is 29.3 Å². The smallest absolute Gasteiger partial charge is 0.345 e. The molecule has 4 nitrogen and oxygen atoms in total. The van der Waals surface area contributed by atoms with Crippen molar-refractivity contribution in [3.8, 4) is 0 Å². The number of nitrogens with zero attached hydrogens (tertiary/aromatic N) is 2. The van der Waals surface area contributed by atoms with Gasteiger partial charge < -0.3 is 10.1 Å². The predicted molar refractivity (Wildman–Crippen MR) is 97.1 cm³/mol. The molecule has 0 amide bonds. The van der Waals surface area contributed by atoms with Crippen LogP contribution in [0, 0.1) is 0 Å². The van der Waals surface area contributed by atoms with Crippen molar-refractivity contribution in [1.82, 2.24) is 9.61 Å². The molecule has 0 aliphatic carbocycles. The summed E-state index contributed by atoms with van der Waals surface area (Å²) in [5.74, 6) is 0. The Hall–Kier alpha value is -1.41. The summed E-state index contributed by atoms with van der Waals surface area (Å²) in [7, 11) is 0. The molecule has 1 N–H and O–H groups in total. The van der Waals surface area contributed by atoms with Crippen molar-refractivity contribution in [3.05, 3.63) is 50.4 Å². The van der Waals surface area contributed by atoms with Gasteiger partial charge in [0.2, 0.25) is 0 Å². The monoisotopic (exact) mass is 405 g/mol. The van der Waals surface area contributed by atoms with E-state index >= 15 is 0 Å². The summed E-state index contributed by atoms with van der Waals surface area (Å²) in [6, 6.07) is 7.66. The van der Waals surface area contributed by atoms with Gasteiger partial charge in [-0.2, -0.15) is 13.9 Å². The van der Waals surface area contributed by atoms with Crippen molar-refractivity contribution in [2.75, 3.05) is 11.9 Å². The number of rotatable bonds is 8. The van der Waals surface area contributed by atoms with Gasteiger partial charge in [0.25, 0.3) is 0 Å². The summed E-state index contributed by atoms with van der Waals surface area (Å²) in [5.41, 5.74) is 2.41. The molecular weight excluding hydrogens is 391 g/mol. The van der Waals surface area contributed by atoms with E-state index in [-0.39, 0.29) is 6.61 Å². The lowest BCUT2D eigenvalue weighted by atomic mass is 10.2. The standard InChI is InChI=1S/C16H15Cl2F2N3OS/c17-14-8-12(21-9-11-4-2-6-25-11)13-7-10(15(18)23(13)22-14)3-1-5-24-16(19)20/h2,4,6-8,16,21H,1,3,5,9H2. The van der Waals surface area contributed by atoms with Crippen LogP contribution in [0.5, 0.6) is 0 Å². The normalized spacial score (nSPS) is 11.6. The lowest BCUT2D eigenvalue weighted by molar-refractivity contribution is -0.129. The number of halogens is 4. The molecular formula is C16H15Cl2F2N3OS. The number of ether oxygens (including phenoxy) is 1. The van der Waals surface area contributed by atoms with Crippen LogP contribution < -0.4 is 5.32 Å². The van der Waals surface area contributed by atoms with Crippen molar-refractivity contribution in [2.24, 2.45) is 0 Å². The van der Waals surface area contributed by atoms with Crippen LogP contribution >= 0.6 is 34.5 Å². The van der Waals surface area contributed by atoms with Gasteiger partial charge in [-0.15, -0.1) is 11.3 Å². The average molecular weight is 406 g/mol. The number of aryl methyl sites for hydroxylation is 1. The fourth-order valence-corrected chi connectivity index (χ4v) is 3.59. The minimum atomic E-state index is -2.75. The highest BCUT2D eigenvalue weighted by atomic mass is 35.5. The minimum absolute atomic E-state index is 0.0299. The number of fused-ring (bicyclic) bond motifs is 1. The van der Waals surface area contributed by atoms with Crippen molar-refractivity contribution >= 4 is 45.7 Å². The van der Waals surface area contributed by atoms with E-state index in [0.717, 1.165) is 16.8 Å². The van der Waals surface area contributed by atoms with Crippen molar-refractivity contribution in [1.29, 1.82) is 0 Å². The maximum atomic E-state index is 12.0. The second kappa shape index (κ2) is 8.31. The topological polar surface area (TPSA) is 38.6 Å². The highest BCUT2D eigenvalue weighted by Gasteiger charge is 2.14. The predicted octanol–water partition coefficient (Wildman–Crippen LogP) is 5.49. The van der Waals surface area contributed by atoms with Crippen LogP contribution in [0.25, 0.3) is 5.52 Å². The van der Waals surface area contributed by atoms with Crippen LogP contribution in [-0.2, 0) is 17.7 Å². The summed E-state index contributed by atoms with van der Waals surface area (Å²) in [6.07, 6.45) is 0.948. The van der Waals surface area contributed by atoms with E-state index in [1.807, 2.05) is 23.6 Å². The van der Waals surface area contributed by atoms with Crippen LogP contribution in [-0.4, -0.2) is 22.8 Å². The molecule has 0 atom stereocenters. The molecule has 0 unspecified atom stereocenters. The zero-order valence-electron chi connectivity index (χ0n) is 13.0. The molecule has 0 aliphatic heterocycles. The van der Waals surface area contributed by atoms with Gasteiger partial charge in [0.05, 0.1) is 17.8 Å². The van der Waals surface area contributed by atoms with E-state index in [1.165, 1.54) is 4.88 Å². The molecule has 3 aromatic heterocycles. The fraction of sp³-hybridized carbons (Fsp3) is 0.312. The maximum absolute atomic E-state index is 12.0. The van der Waals surface area contributed by atoms with Gasteiger partial charge in [-0.3, -0.25) is 0 Å². The van der Waals surface area contributed by atoms with Crippen LogP contribution in [0.4, 0.5) is 14.5 Å². The number of anilines is 1. The molecule has 0 aromatic carbocycles. The lowest BCUT2D eigenvalue weighted by Crippen LogP contribution is -2.02. The molecule has 0 radical (unpaired) electrons. The first kappa shape index (κ1) is 18.4. The highest BCUT2D eigenvalue weighted by Crippen LogP contribution is 2.29. The molecule has 134 valence electrons. The minimum Gasteiger partial charge on any atom is -0.378 e. The number of alkyl halides is 2. The van der Waals surface area contributed by atoms with Crippen LogP contribution in [0.15, 0.2) is 29.6 Å². The molecule has 25 heavy (non-hydrogen) atoms. The number of aromatic nitrogens is 2. The third kappa shape index (κ3) is 4.61.